The maximum Gasteiger partial charge on any atom is 0.224 e. The van der Waals surface area contributed by atoms with E-state index >= 15 is 0 Å². The van der Waals surface area contributed by atoms with Crippen LogP contribution in [0, 0.1) is 6.92 Å². The van der Waals surface area contributed by atoms with Gasteiger partial charge in [-0.25, -0.2) is 9.97 Å². The summed E-state index contributed by atoms with van der Waals surface area (Å²) in [6.45, 7) is 3.86. The van der Waals surface area contributed by atoms with Gasteiger partial charge in [-0.1, -0.05) is 0 Å². The third kappa shape index (κ3) is 3.85. The van der Waals surface area contributed by atoms with E-state index in [1.165, 1.54) is 0 Å². The Morgan fingerprint density at radius 1 is 1.26 bits per heavy atom. The van der Waals surface area contributed by atoms with Gasteiger partial charge in [-0.05, 0) is 25.8 Å². The molecule has 3 heterocycles. The molecule has 0 aromatic carbocycles. The Morgan fingerprint density at radius 2 is 2.13 bits per heavy atom. The predicted molar refractivity (Wildman–Crippen MR) is 92.0 cm³/mol. The highest BCUT2D eigenvalue weighted by Crippen LogP contribution is 2.19. The minimum absolute atomic E-state index is 0.309. The van der Waals surface area contributed by atoms with Crippen LogP contribution in [0.2, 0.25) is 0 Å². The van der Waals surface area contributed by atoms with Crippen LogP contribution in [0.5, 0.6) is 0 Å². The fourth-order valence-corrected chi connectivity index (χ4v) is 2.76. The molecule has 23 heavy (non-hydrogen) atoms. The van der Waals surface area contributed by atoms with Crippen molar-refractivity contribution in [2.45, 2.75) is 25.8 Å². The van der Waals surface area contributed by atoms with Gasteiger partial charge < -0.3 is 15.1 Å². The summed E-state index contributed by atoms with van der Waals surface area (Å²) < 4.78 is 0. The minimum Gasteiger partial charge on any atom is -0.363 e. The Hall–Kier alpha value is -2.44. The maximum absolute atomic E-state index is 4.57. The van der Waals surface area contributed by atoms with E-state index in [-0.39, 0.29) is 0 Å². The van der Waals surface area contributed by atoms with E-state index in [1.807, 2.05) is 38.2 Å². The zero-order valence-electron chi connectivity index (χ0n) is 13.9. The first-order valence-corrected chi connectivity index (χ1v) is 7.92. The van der Waals surface area contributed by atoms with Crippen molar-refractivity contribution in [3.8, 4) is 0 Å². The second-order valence-electron chi connectivity index (χ2n) is 6.08. The predicted octanol–water partition coefficient (Wildman–Crippen LogP) is 1.72. The molecule has 7 heteroatoms. The lowest BCUT2D eigenvalue weighted by Gasteiger charge is -2.33. The van der Waals surface area contributed by atoms with E-state index < -0.39 is 0 Å². The van der Waals surface area contributed by atoms with Crippen molar-refractivity contribution in [2.24, 2.45) is 0 Å². The van der Waals surface area contributed by atoms with E-state index in [4.69, 9.17) is 0 Å². The first-order chi connectivity index (χ1) is 11.1. The molecule has 0 radical (unpaired) electrons. The Bertz CT molecular complexity index is 658. The SMILES string of the molecule is Cc1cncc(N2CCCC(Nc3nccc(N(C)C)n3)C2)n1. The topological polar surface area (TPSA) is 70.1 Å². The van der Waals surface area contributed by atoms with Crippen molar-refractivity contribution < 1.29 is 0 Å². The molecule has 0 amide bonds. The Morgan fingerprint density at radius 3 is 2.91 bits per heavy atom. The number of rotatable bonds is 4. The van der Waals surface area contributed by atoms with Gasteiger partial charge in [0, 0.05) is 45.6 Å². The molecule has 0 aliphatic carbocycles. The molecule has 0 saturated carbocycles. The van der Waals surface area contributed by atoms with Gasteiger partial charge in [-0.3, -0.25) is 4.98 Å². The van der Waals surface area contributed by atoms with E-state index in [2.05, 4.69) is 30.2 Å². The average molecular weight is 313 g/mol. The zero-order chi connectivity index (χ0) is 16.2. The highest BCUT2D eigenvalue weighted by atomic mass is 15.2. The van der Waals surface area contributed by atoms with Crippen molar-refractivity contribution in [2.75, 3.05) is 42.3 Å². The molecule has 0 bridgehead atoms. The molecule has 7 nitrogen and oxygen atoms in total. The van der Waals surface area contributed by atoms with Crippen molar-refractivity contribution >= 4 is 17.6 Å². The van der Waals surface area contributed by atoms with Gasteiger partial charge in [0.25, 0.3) is 0 Å². The smallest absolute Gasteiger partial charge is 0.224 e. The highest BCUT2D eigenvalue weighted by Gasteiger charge is 2.21. The van der Waals surface area contributed by atoms with Crippen molar-refractivity contribution in [1.82, 2.24) is 19.9 Å². The van der Waals surface area contributed by atoms with Crippen LogP contribution in [0.1, 0.15) is 18.5 Å². The monoisotopic (exact) mass is 313 g/mol. The van der Waals surface area contributed by atoms with Gasteiger partial charge >= 0.3 is 0 Å². The van der Waals surface area contributed by atoms with Crippen LogP contribution >= 0.6 is 0 Å². The molecule has 2 aromatic heterocycles. The molecular weight excluding hydrogens is 290 g/mol. The first-order valence-electron chi connectivity index (χ1n) is 7.92. The lowest BCUT2D eigenvalue weighted by molar-refractivity contribution is 0.523. The second-order valence-corrected chi connectivity index (χ2v) is 6.08. The number of anilines is 3. The van der Waals surface area contributed by atoms with Crippen molar-refractivity contribution in [3.05, 3.63) is 30.4 Å². The third-order valence-electron chi connectivity index (χ3n) is 3.92. The van der Waals surface area contributed by atoms with Crippen LogP contribution in [-0.4, -0.2) is 53.2 Å². The molecule has 2 aromatic rings. The molecule has 1 fully saturated rings. The van der Waals surface area contributed by atoms with E-state index in [0.29, 0.717) is 12.0 Å². The molecule has 1 saturated heterocycles. The van der Waals surface area contributed by atoms with Gasteiger partial charge in [-0.15, -0.1) is 0 Å². The molecule has 1 atom stereocenters. The molecule has 1 aliphatic heterocycles. The second kappa shape index (κ2) is 6.76. The Kier molecular flexibility index (Phi) is 4.55. The number of hydrogen-bond acceptors (Lipinski definition) is 7. The lowest BCUT2D eigenvalue weighted by Crippen LogP contribution is -2.43. The summed E-state index contributed by atoms with van der Waals surface area (Å²) >= 11 is 0. The number of piperidine rings is 1. The van der Waals surface area contributed by atoms with Crippen LogP contribution in [0.25, 0.3) is 0 Å². The van der Waals surface area contributed by atoms with Crippen molar-refractivity contribution in [3.63, 3.8) is 0 Å². The zero-order valence-corrected chi connectivity index (χ0v) is 13.9. The molecule has 1 N–H and O–H groups in total. The largest absolute Gasteiger partial charge is 0.363 e. The van der Waals surface area contributed by atoms with Crippen LogP contribution in [0.4, 0.5) is 17.6 Å². The number of aryl methyl sites for hydroxylation is 1. The summed E-state index contributed by atoms with van der Waals surface area (Å²) in [5.41, 5.74) is 0.944. The Balaban J connectivity index is 1.68. The van der Waals surface area contributed by atoms with Crippen LogP contribution in [0.3, 0.4) is 0 Å². The van der Waals surface area contributed by atoms with Gasteiger partial charge in [0.15, 0.2) is 0 Å². The summed E-state index contributed by atoms with van der Waals surface area (Å²) in [5, 5.41) is 3.45. The van der Waals surface area contributed by atoms with E-state index in [1.54, 1.807) is 12.4 Å². The molecular formula is C16H23N7. The minimum atomic E-state index is 0.309. The highest BCUT2D eigenvalue weighted by molar-refractivity contribution is 5.42. The molecule has 0 spiro atoms. The fraction of sp³-hybridized carbons (Fsp3) is 0.500. The summed E-state index contributed by atoms with van der Waals surface area (Å²) in [6.07, 6.45) is 7.62. The lowest BCUT2D eigenvalue weighted by atomic mass is 10.1. The molecule has 122 valence electrons. The normalized spacial score (nSPS) is 17.9. The number of aromatic nitrogens is 4. The molecule has 3 rings (SSSR count). The summed E-state index contributed by atoms with van der Waals surface area (Å²) in [6, 6.07) is 2.21. The number of nitrogens with zero attached hydrogens (tertiary/aromatic N) is 6. The van der Waals surface area contributed by atoms with Gasteiger partial charge in [0.1, 0.15) is 11.6 Å². The van der Waals surface area contributed by atoms with Gasteiger partial charge in [-0.2, -0.15) is 4.98 Å². The van der Waals surface area contributed by atoms with Gasteiger partial charge in [0.2, 0.25) is 5.95 Å². The summed E-state index contributed by atoms with van der Waals surface area (Å²) in [5.74, 6) is 2.53. The molecule has 1 aliphatic rings. The quantitative estimate of drug-likeness (QED) is 0.921. The standard InChI is InChI=1S/C16H23N7/c1-12-9-17-10-15(19-12)23-8-4-5-13(11-23)20-16-18-7-6-14(21-16)22(2)3/h6-7,9-10,13H,4-5,8,11H2,1-3H3,(H,18,20,21). The van der Waals surface area contributed by atoms with Crippen LogP contribution in [0.15, 0.2) is 24.7 Å². The van der Waals surface area contributed by atoms with Crippen LogP contribution < -0.4 is 15.1 Å². The summed E-state index contributed by atoms with van der Waals surface area (Å²) in [7, 11) is 3.95. The van der Waals surface area contributed by atoms with Gasteiger partial charge in [0.05, 0.1) is 11.9 Å². The average Bonchev–Trinajstić information content (AvgIpc) is 2.55. The van der Waals surface area contributed by atoms with E-state index in [9.17, 15) is 0 Å². The van der Waals surface area contributed by atoms with Crippen LogP contribution in [-0.2, 0) is 0 Å². The van der Waals surface area contributed by atoms with Crippen molar-refractivity contribution in [1.29, 1.82) is 0 Å². The van der Waals surface area contributed by atoms with E-state index in [0.717, 1.165) is 43.3 Å². The fourth-order valence-electron chi connectivity index (χ4n) is 2.76. The Labute approximate surface area is 136 Å². The number of hydrogen-bond donors (Lipinski definition) is 1. The third-order valence-corrected chi connectivity index (χ3v) is 3.92. The molecule has 1 unspecified atom stereocenters. The number of nitrogens with one attached hydrogen (secondary N) is 1. The first kappa shape index (κ1) is 15.5. The maximum atomic E-state index is 4.57. The summed E-state index contributed by atoms with van der Waals surface area (Å²) in [4.78, 5) is 21.9.